The molecule has 0 bridgehead atoms. The molecule has 2 aromatic carbocycles. The lowest BCUT2D eigenvalue weighted by atomic mass is 10.1. The van der Waals surface area contributed by atoms with E-state index >= 15 is 0 Å². The highest BCUT2D eigenvalue weighted by Crippen LogP contribution is 2.30. The van der Waals surface area contributed by atoms with E-state index in [0.717, 1.165) is 16.7 Å². The van der Waals surface area contributed by atoms with Crippen LogP contribution in [0.3, 0.4) is 0 Å². The van der Waals surface area contributed by atoms with Crippen LogP contribution < -0.4 is 5.56 Å². The van der Waals surface area contributed by atoms with Gasteiger partial charge < -0.3 is 5.11 Å². The summed E-state index contributed by atoms with van der Waals surface area (Å²) in [6.45, 7) is 0.328. The van der Waals surface area contributed by atoms with Crippen molar-refractivity contribution in [3.05, 3.63) is 81.5 Å². The first-order valence-electron chi connectivity index (χ1n) is 8.24. The number of rotatable bonds is 4. The van der Waals surface area contributed by atoms with E-state index in [4.69, 9.17) is 0 Å². The van der Waals surface area contributed by atoms with E-state index in [1.54, 1.807) is 12.1 Å². The normalized spacial score (nSPS) is 11.9. The molecule has 0 unspecified atom stereocenters. The van der Waals surface area contributed by atoms with Gasteiger partial charge in [0.25, 0.3) is 5.56 Å². The molecule has 0 radical (unpaired) electrons. The highest BCUT2D eigenvalue weighted by atomic mass is 19.1. The number of aromatic nitrogens is 2. The van der Waals surface area contributed by atoms with E-state index in [1.165, 1.54) is 16.7 Å². The predicted molar refractivity (Wildman–Crippen MR) is 93.8 cm³/mol. The quantitative estimate of drug-likeness (QED) is 0.575. The van der Waals surface area contributed by atoms with Gasteiger partial charge in [0, 0.05) is 12.0 Å². The number of aryl methyl sites for hydroxylation is 1. The Morgan fingerprint density at radius 2 is 1.88 bits per heavy atom. The van der Waals surface area contributed by atoms with Crippen LogP contribution in [0.15, 0.2) is 53.3 Å². The summed E-state index contributed by atoms with van der Waals surface area (Å²) < 4.78 is 14.3. The summed E-state index contributed by atoms with van der Waals surface area (Å²) in [5.41, 5.74) is 1.68. The van der Waals surface area contributed by atoms with Gasteiger partial charge in [-0.2, -0.15) is 0 Å². The molecular weight excluding hydrogens is 335 g/mol. The minimum Gasteiger partial charge on any atom is -0.501 e. The Morgan fingerprint density at radius 3 is 2.65 bits per heavy atom. The SMILES string of the molecule is O=C(CCc1ccc(F)cc1)c1nc2n(c(=O)c1O)Cc1ccccc1-2. The molecule has 130 valence electrons. The van der Waals surface area contributed by atoms with Crippen molar-refractivity contribution in [2.24, 2.45) is 0 Å². The standard InChI is InChI=1S/C20H15FN2O3/c21-14-8-5-12(6-9-14)7-10-16(24)17-18(25)20(26)23-11-13-3-1-2-4-15(13)19(23)22-17/h1-6,8-9,25H,7,10-11H2. The molecule has 0 atom stereocenters. The van der Waals surface area contributed by atoms with Gasteiger partial charge in [0.15, 0.2) is 11.5 Å². The number of benzene rings is 2. The lowest BCUT2D eigenvalue weighted by Gasteiger charge is -2.08. The smallest absolute Gasteiger partial charge is 0.297 e. The largest absolute Gasteiger partial charge is 0.501 e. The molecule has 1 aliphatic rings. The molecule has 1 N–H and O–H groups in total. The highest BCUT2D eigenvalue weighted by molar-refractivity contribution is 5.97. The molecule has 2 heterocycles. The summed E-state index contributed by atoms with van der Waals surface area (Å²) in [5, 5.41) is 10.2. The van der Waals surface area contributed by atoms with Crippen molar-refractivity contribution in [3.8, 4) is 17.1 Å². The molecule has 0 saturated carbocycles. The lowest BCUT2D eigenvalue weighted by molar-refractivity contribution is 0.0974. The van der Waals surface area contributed by atoms with E-state index in [2.05, 4.69) is 4.98 Å². The fraction of sp³-hybridized carbons (Fsp3) is 0.150. The van der Waals surface area contributed by atoms with Crippen molar-refractivity contribution in [2.75, 3.05) is 0 Å². The molecule has 0 spiro atoms. The number of fused-ring (bicyclic) bond motifs is 3. The minimum absolute atomic E-state index is 0.0662. The third-order valence-electron chi connectivity index (χ3n) is 4.55. The average Bonchev–Trinajstić information content (AvgIpc) is 3.03. The zero-order chi connectivity index (χ0) is 18.3. The maximum atomic E-state index is 12.9. The Kier molecular flexibility index (Phi) is 3.88. The Bertz CT molecular complexity index is 1070. The van der Waals surface area contributed by atoms with Crippen LogP contribution in [-0.4, -0.2) is 20.4 Å². The van der Waals surface area contributed by atoms with Crippen molar-refractivity contribution in [3.63, 3.8) is 0 Å². The third-order valence-corrected chi connectivity index (χ3v) is 4.55. The second-order valence-electron chi connectivity index (χ2n) is 6.23. The number of halogens is 1. The Hall–Kier alpha value is -3.28. The first kappa shape index (κ1) is 16.2. The molecule has 0 saturated heterocycles. The zero-order valence-corrected chi connectivity index (χ0v) is 13.8. The first-order valence-corrected chi connectivity index (χ1v) is 8.24. The maximum Gasteiger partial charge on any atom is 0.297 e. The molecule has 0 aliphatic carbocycles. The number of Topliss-reactive ketones (excluding diaryl/α,β-unsaturated/α-hetero) is 1. The number of hydrogen-bond acceptors (Lipinski definition) is 4. The van der Waals surface area contributed by atoms with Crippen LogP contribution in [-0.2, 0) is 13.0 Å². The second kappa shape index (κ2) is 6.22. The van der Waals surface area contributed by atoms with E-state index in [9.17, 15) is 19.1 Å². The summed E-state index contributed by atoms with van der Waals surface area (Å²) in [7, 11) is 0. The van der Waals surface area contributed by atoms with Gasteiger partial charge in [0.05, 0.1) is 6.54 Å². The molecular formula is C20H15FN2O3. The molecule has 3 aromatic rings. The molecule has 26 heavy (non-hydrogen) atoms. The van der Waals surface area contributed by atoms with Crippen molar-refractivity contribution in [1.82, 2.24) is 9.55 Å². The van der Waals surface area contributed by atoms with Gasteiger partial charge in [0.2, 0.25) is 5.75 Å². The molecule has 5 nitrogen and oxygen atoms in total. The zero-order valence-electron chi connectivity index (χ0n) is 13.8. The molecule has 0 amide bonds. The third kappa shape index (κ3) is 2.69. The highest BCUT2D eigenvalue weighted by Gasteiger charge is 2.26. The fourth-order valence-electron chi connectivity index (χ4n) is 3.17. The van der Waals surface area contributed by atoms with Crippen molar-refractivity contribution < 1.29 is 14.3 Å². The molecule has 1 aromatic heterocycles. The fourth-order valence-corrected chi connectivity index (χ4v) is 3.17. The number of carbonyl (C=O) groups excluding carboxylic acids is 1. The topological polar surface area (TPSA) is 72.2 Å². The first-order chi connectivity index (χ1) is 12.5. The number of nitrogens with zero attached hydrogens (tertiary/aromatic N) is 2. The van der Waals surface area contributed by atoms with Crippen LogP contribution in [0.25, 0.3) is 11.4 Å². The molecule has 0 fully saturated rings. The van der Waals surface area contributed by atoms with Crippen LogP contribution in [0.4, 0.5) is 4.39 Å². The summed E-state index contributed by atoms with van der Waals surface area (Å²) in [5.74, 6) is -0.986. The summed E-state index contributed by atoms with van der Waals surface area (Å²) in [6, 6.07) is 13.3. The van der Waals surface area contributed by atoms with Crippen LogP contribution in [0, 0.1) is 5.82 Å². The van der Waals surface area contributed by atoms with Gasteiger partial charge in [-0.15, -0.1) is 0 Å². The van der Waals surface area contributed by atoms with Crippen LogP contribution in [0.5, 0.6) is 5.75 Å². The number of aromatic hydroxyl groups is 1. The van der Waals surface area contributed by atoms with Crippen molar-refractivity contribution >= 4 is 5.78 Å². The van der Waals surface area contributed by atoms with Gasteiger partial charge in [-0.1, -0.05) is 36.4 Å². The van der Waals surface area contributed by atoms with Gasteiger partial charge in [-0.3, -0.25) is 14.2 Å². The Balaban J connectivity index is 1.65. The average molecular weight is 350 g/mol. The van der Waals surface area contributed by atoms with Crippen molar-refractivity contribution in [1.29, 1.82) is 0 Å². The van der Waals surface area contributed by atoms with Gasteiger partial charge in [0.1, 0.15) is 11.6 Å². The summed E-state index contributed by atoms with van der Waals surface area (Å²) in [6.07, 6.45) is 0.436. The summed E-state index contributed by atoms with van der Waals surface area (Å²) in [4.78, 5) is 29.3. The van der Waals surface area contributed by atoms with E-state index in [-0.39, 0.29) is 17.9 Å². The molecule has 1 aliphatic heterocycles. The van der Waals surface area contributed by atoms with Gasteiger partial charge >= 0.3 is 0 Å². The minimum atomic E-state index is -0.620. The van der Waals surface area contributed by atoms with Gasteiger partial charge in [-0.05, 0) is 29.7 Å². The maximum absolute atomic E-state index is 12.9. The Labute approximate surface area is 148 Å². The molecule has 6 heteroatoms. The second-order valence-corrected chi connectivity index (χ2v) is 6.23. The predicted octanol–water partition coefficient (Wildman–Crippen LogP) is 2.93. The van der Waals surface area contributed by atoms with E-state index in [0.29, 0.717) is 18.8 Å². The van der Waals surface area contributed by atoms with Crippen molar-refractivity contribution in [2.45, 2.75) is 19.4 Å². The number of hydrogen-bond donors (Lipinski definition) is 1. The van der Waals surface area contributed by atoms with E-state index in [1.807, 2.05) is 24.3 Å². The Morgan fingerprint density at radius 1 is 1.15 bits per heavy atom. The van der Waals surface area contributed by atoms with Crippen LogP contribution >= 0.6 is 0 Å². The monoisotopic (exact) mass is 350 g/mol. The summed E-state index contributed by atoms with van der Waals surface area (Å²) >= 11 is 0. The lowest BCUT2D eigenvalue weighted by Crippen LogP contribution is -2.23. The molecule has 4 rings (SSSR count). The number of carbonyl (C=O) groups is 1. The van der Waals surface area contributed by atoms with Crippen LogP contribution in [0.2, 0.25) is 0 Å². The van der Waals surface area contributed by atoms with Gasteiger partial charge in [-0.25, -0.2) is 9.37 Å². The van der Waals surface area contributed by atoms with Crippen LogP contribution in [0.1, 0.15) is 28.0 Å². The van der Waals surface area contributed by atoms with E-state index < -0.39 is 17.1 Å². The number of ketones is 1.